The highest BCUT2D eigenvalue weighted by Crippen LogP contribution is 2.35. The van der Waals surface area contributed by atoms with Gasteiger partial charge in [-0.2, -0.15) is 0 Å². The number of methoxy groups -OCH3 is 1. The summed E-state index contributed by atoms with van der Waals surface area (Å²) >= 11 is 0. The zero-order valence-corrected chi connectivity index (χ0v) is 20.2. The highest BCUT2D eigenvalue weighted by Gasteiger charge is 2.28. The Bertz CT molecular complexity index is 1340. The Balaban J connectivity index is 1.38. The Kier molecular flexibility index (Phi) is 6.45. The summed E-state index contributed by atoms with van der Waals surface area (Å²) in [6.07, 6.45) is 2.37. The molecule has 1 amide bonds. The van der Waals surface area contributed by atoms with Crippen LogP contribution in [0.1, 0.15) is 23.5 Å². The lowest BCUT2D eigenvalue weighted by Gasteiger charge is -2.37. The van der Waals surface area contributed by atoms with Gasteiger partial charge in [0.1, 0.15) is 11.6 Å². The Labute approximate surface area is 205 Å². The number of piperazine rings is 1. The van der Waals surface area contributed by atoms with E-state index in [1.807, 2.05) is 48.3 Å². The number of aromatic nitrogens is 1. The molecule has 1 atom stereocenters. The maximum Gasteiger partial charge on any atom is 0.223 e. The number of para-hydroxylation sites is 3. The number of fused-ring (bicyclic) bond motifs is 1. The number of benzene rings is 3. The van der Waals surface area contributed by atoms with Gasteiger partial charge < -0.3 is 19.1 Å². The van der Waals surface area contributed by atoms with Crippen LogP contribution in [0.3, 0.4) is 0 Å². The molecule has 0 bridgehead atoms. The summed E-state index contributed by atoms with van der Waals surface area (Å²) in [5.41, 5.74) is 4.02. The zero-order valence-electron chi connectivity index (χ0n) is 20.2. The lowest BCUT2D eigenvalue weighted by Crippen LogP contribution is -2.49. The van der Waals surface area contributed by atoms with Crippen molar-refractivity contribution in [1.82, 2.24) is 9.47 Å². The van der Waals surface area contributed by atoms with Gasteiger partial charge in [0.15, 0.2) is 0 Å². The first-order chi connectivity index (χ1) is 17.0. The van der Waals surface area contributed by atoms with Gasteiger partial charge in [0.25, 0.3) is 0 Å². The Morgan fingerprint density at radius 1 is 0.971 bits per heavy atom. The summed E-state index contributed by atoms with van der Waals surface area (Å²) in [6.45, 7) is 2.76. The van der Waals surface area contributed by atoms with Crippen molar-refractivity contribution in [3.63, 3.8) is 0 Å². The van der Waals surface area contributed by atoms with Gasteiger partial charge in [0, 0.05) is 62.7 Å². The first-order valence-electron chi connectivity index (χ1n) is 12.0. The SMILES string of the molecule is COc1ccccc1N1CCN(C(=O)CC(c2cccc(F)c2)c2cn(C)c3ccccc23)CC1. The molecule has 0 N–H and O–H groups in total. The fourth-order valence-electron chi connectivity index (χ4n) is 5.17. The monoisotopic (exact) mass is 471 g/mol. The molecule has 1 unspecified atom stereocenters. The van der Waals surface area contributed by atoms with Crippen LogP contribution in [0.4, 0.5) is 10.1 Å². The molecule has 6 heteroatoms. The summed E-state index contributed by atoms with van der Waals surface area (Å²) in [4.78, 5) is 17.7. The molecule has 1 fully saturated rings. The van der Waals surface area contributed by atoms with Crippen LogP contribution in [0, 0.1) is 5.82 Å². The summed E-state index contributed by atoms with van der Waals surface area (Å²) < 4.78 is 21.8. The molecule has 0 spiro atoms. The van der Waals surface area contributed by atoms with Crippen LogP contribution in [0.2, 0.25) is 0 Å². The number of ether oxygens (including phenoxy) is 1. The second-order valence-electron chi connectivity index (χ2n) is 9.06. The molecule has 1 saturated heterocycles. The average Bonchev–Trinajstić information content (AvgIpc) is 3.23. The zero-order chi connectivity index (χ0) is 24.4. The fraction of sp³-hybridized carbons (Fsp3) is 0.276. The molecule has 35 heavy (non-hydrogen) atoms. The number of carbonyl (C=O) groups is 1. The summed E-state index contributed by atoms with van der Waals surface area (Å²) in [7, 11) is 3.69. The number of aryl methyl sites for hydroxylation is 1. The Morgan fingerprint density at radius 2 is 1.71 bits per heavy atom. The number of rotatable bonds is 6. The van der Waals surface area contributed by atoms with Crippen molar-refractivity contribution in [2.75, 3.05) is 38.2 Å². The quantitative estimate of drug-likeness (QED) is 0.388. The van der Waals surface area contributed by atoms with Gasteiger partial charge in [0.2, 0.25) is 5.91 Å². The molecule has 0 aliphatic carbocycles. The second kappa shape index (κ2) is 9.82. The summed E-state index contributed by atoms with van der Waals surface area (Å²) in [5.74, 6) is 0.420. The van der Waals surface area contributed by atoms with Crippen molar-refractivity contribution in [2.24, 2.45) is 7.05 Å². The second-order valence-corrected chi connectivity index (χ2v) is 9.06. The van der Waals surface area contributed by atoms with Crippen LogP contribution >= 0.6 is 0 Å². The largest absolute Gasteiger partial charge is 0.495 e. The number of hydrogen-bond donors (Lipinski definition) is 0. The van der Waals surface area contributed by atoms with E-state index in [1.54, 1.807) is 19.2 Å². The molecule has 2 heterocycles. The van der Waals surface area contributed by atoms with Gasteiger partial charge in [-0.25, -0.2) is 4.39 Å². The highest BCUT2D eigenvalue weighted by molar-refractivity contribution is 5.86. The van der Waals surface area contributed by atoms with Crippen LogP contribution in [-0.4, -0.2) is 48.7 Å². The van der Waals surface area contributed by atoms with Crippen molar-refractivity contribution in [3.05, 3.63) is 95.9 Å². The van der Waals surface area contributed by atoms with E-state index in [0.717, 1.165) is 46.6 Å². The molecule has 4 aromatic rings. The molecule has 0 saturated carbocycles. The summed E-state index contributed by atoms with van der Waals surface area (Å²) in [6, 6.07) is 22.8. The van der Waals surface area contributed by atoms with E-state index in [-0.39, 0.29) is 17.6 Å². The lowest BCUT2D eigenvalue weighted by molar-refractivity contribution is -0.131. The van der Waals surface area contributed by atoms with Gasteiger partial charge in [-0.1, -0.05) is 42.5 Å². The van der Waals surface area contributed by atoms with Gasteiger partial charge >= 0.3 is 0 Å². The maximum absolute atomic E-state index is 14.2. The van der Waals surface area contributed by atoms with Crippen LogP contribution in [0.5, 0.6) is 5.75 Å². The maximum atomic E-state index is 14.2. The van der Waals surface area contributed by atoms with Crippen LogP contribution < -0.4 is 9.64 Å². The molecule has 3 aromatic carbocycles. The molecule has 180 valence electrons. The molecule has 0 radical (unpaired) electrons. The van der Waals surface area contributed by atoms with Gasteiger partial charge in [-0.15, -0.1) is 0 Å². The first-order valence-corrected chi connectivity index (χ1v) is 12.0. The number of carbonyl (C=O) groups excluding carboxylic acids is 1. The van der Waals surface area contributed by atoms with E-state index in [2.05, 4.69) is 33.9 Å². The molecule has 1 aliphatic heterocycles. The number of amides is 1. The van der Waals surface area contributed by atoms with Gasteiger partial charge in [-0.3, -0.25) is 4.79 Å². The van der Waals surface area contributed by atoms with E-state index in [4.69, 9.17) is 4.74 Å². The third-order valence-corrected chi connectivity index (χ3v) is 6.99. The van der Waals surface area contributed by atoms with Crippen molar-refractivity contribution in [1.29, 1.82) is 0 Å². The third kappa shape index (κ3) is 4.61. The molecule has 1 aliphatic rings. The number of halogens is 1. The number of nitrogens with zero attached hydrogens (tertiary/aromatic N) is 3. The van der Waals surface area contributed by atoms with Crippen LogP contribution in [0.25, 0.3) is 10.9 Å². The van der Waals surface area contributed by atoms with Crippen LogP contribution in [-0.2, 0) is 11.8 Å². The highest BCUT2D eigenvalue weighted by atomic mass is 19.1. The van der Waals surface area contributed by atoms with Crippen molar-refractivity contribution >= 4 is 22.5 Å². The minimum atomic E-state index is -0.286. The smallest absolute Gasteiger partial charge is 0.223 e. The minimum Gasteiger partial charge on any atom is -0.495 e. The number of hydrogen-bond acceptors (Lipinski definition) is 3. The topological polar surface area (TPSA) is 37.7 Å². The first kappa shape index (κ1) is 23.0. The normalized spacial score (nSPS) is 14.8. The van der Waals surface area contributed by atoms with Crippen molar-refractivity contribution in [3.8, 4) is 5.75 Å². The van der Waals surface area contributed by atoms with Crippen LogP contribution in [0.15, 0.2) is 79.0 Å². The fourth-order valence-corrected chi connectivity index (χ4v) is 5.17. The Hall–Kier alpha value is -3.80. The lowest BCUT2D eigenvalue weighted by atomic mass is 9.87. The standard InChI is InChI=1S/C29H30FN3O2/c1-31-20-25(23-10-3-4-11-26(23)31)24(21-8-7-9-22(30)18-21)19-29(34)33-16-14-32(15-17-33)27-12-5-6-13-28(27)35-2/h3-13,18,20,24H,14-17,19H2,1-2H3. The molecular formula is C29H30FN3O2. The molecule has 1 aromatic heterocycles. The van der Waals surface area contributed by atoms with E-state index >= 15 is 0 Å². The minimum absolute atomic E-state index is 0.0897. The number of anilines is 1. The average molecular weight is 472 g/mol. The van der Waals surface area contributed by atoms with E-state index < -0.39 is 0 Å². The molecular weight excluding hydrogens is 441 g/mol. The molecule has 5 rings (SSSR count). The van der Waals surface area contributed by atoms with Crippen molar-refractivity contribution in [2.45, 2.75) is 12.3 Å². The van der Waals surface area contributed by atoms with Gasteiger partial charge in [0.05, 0.1) is 12.8 Å². The van der Waals surface area contributed by atoms with Gasteiger partial charge in [-0.05, 0) is 41.5 Å². The van der Waals surface area contributed by atoms with E-state index in [9.17, 15) is 9.18 Å². The Morgan fingerprint density at radius 3 is 2.49 bits per heavy atom. The predicted molar refractivity (Wildman–Crippen MR) is 138 cm³/mol. The van der Waals surface area contributed by atoms with E-state index in [0.29, 0.717) is 19.5 Å². The molecule has 5 nitrogen and oxygen atoms in total. The summed E-state index contributed by atoms with van der Waals surface area (Å²) in [5, 5.41) is 1.10. The third-order valence-electron chi connectivity index (χ3n) is 6.99. The van der Waals surface area contributed by atoms with E-state index in [1.165, 1.54) is 6.07 Å². The predicted octanol–water partition coefficient (Wildman–Crippen LogP) is 5.20. The van der Waals surface area contributed by atoms with Crippen molar-refractivity contribution < 1.29 is 13.9 Å².